The zero-order valence-corrected chi connectivity index (χ0v) is 9.77. The van der Waals surface area contributed by atoms with Crippen molar-refractivity contribution in [2.75, 3.05) is 13.7 Å². The zero-order valence-electron chi connectivity index (χ0n) is 9.77. The summed E-state index contributed by atoms with van der Waals surface area (Å²) in [5.74, 6) is -0.245. The van der Waals surface area contributed by atoms with E-state index in [-0.39, 0.29) is 12.5 Å². The highest BCUT2D eigenvalue weighted by Gasteiger charge is 2.00. The molecule has 2 rings (SSSR count). The topological polar surface area (TPSA) is 38.3 Å². The lowest BCUT2D eigenvalue weighted by Gasteiger charge is -2.05. The van der Waals surface area contributed by atoms with E-state index in [9.17, 15) is 4.79 Å². The van der Waals surface area contributed by atoms with E-state index >= 15 is 0 Å². The van der Waals surface area contributed by atoms with E-state index in [0.717, 1.165) is 5.56 Å². The molecule has 0 bridgehead atoms. The van der Waals surface area contributed by atoms with Gasteiger partial charge in [-0.2, -0.15) is 0 Å². The molecule has 3 heteroatoms. The van der Waals surface area contributed by atoms with Crippen molar-refractivity contribution in [1.29, 1.82) is 0 Å². The van der Waals surface area contributed by atoms with Gasteiger partial charge in [-0.1, -0.05) is 36.4 Å². The van der Waals surface area contributed by atoms with Gasteiger partial charge in [-0.05, 0) is 22.4 Å². The Bertz CT molecular complexity index is 522. The predicted molar refractivity (Wildman–Crippen MR) is 67.7 cm³/mol. The lowest BCUT2D eigenvalue weighted by molar-refractivity contribution is -0.139. The number of ether oxygens (including phenoxy) is 1. The van der Waals surface area contributed by atoms with Crippen LogP contribution >= 0.6 is 0 Å². The summed E-state index contributed by atoms with van der Waals surface area (Å²) in [6.07, 6.45) is 0. The second kappa shape index (κ2) is 5.46. The highest BCUT2D eigenvalue weighted by Crippen LogP contribution is 2.15. The summed E-state index contributed by atoms with van der Waals surface area (Å²) in [5.41, 5.74) is 1.16. The zero-order chi connectivity index (χ0) is 12.1. The molecular formula is C14H15NO2. The number of rotatable bonds is 4. The summed E-state index contributed by atoms with van der Waals surface area (Å²) in [4.78, 5) is 10.9. The standard InChI is InChI=1S/C14H15NO2/c1-17-14(16)10-15-9-11-6-7-12-4-2-3-5-13(12)8-11/h2-8,15H,9-10H2,1H3. The molecule has 0 amide bonds. The number of hydrogen-bond donors (Lipinski definition) is 1. The van der Waals surface area contributed by atoms with Crippen LogP contribution in [-0.4, -0.2) is 19.6 Å². The monoisotopic (exact) mass is 229 g/mol. The number of carbonyl (C=O) groups is 1. The fourth-order valence-corrected chi connectivity index (χ4v) is 1.73. The van der Waals surface area contributed by atoms with Crippen LogP contribution in [-0.2, 0) is 16.1 Å². The summed E-state index contributed by atoms with van der Waals surface area (Å²) in [6.45, 7) is 0.906. The van der Waals surface area contributed by atoms with Gasteiger partial charge < -0.3 is 10.1 Å². The average molecular weight is 229 g/mol. The molecule has 0 saturated carbocycles. The Morgan fingerprint density at radius 3 is 2.71 bits per heavy atom. The van der Waals surface area contributed by atoms with Crippen LogP contribution in [0.25, 0.3) is 10.8 Å². The molecule has 0 fully saturated rings. The third-order valence-corrected chi connectivity index (χ3v) is 2.64. The maximum Gasteiger partial charge on any atom is 0.319 e. The molecule has 2 aromatic rings. The molecule has 0 aliphatic rings. The maximum absolute atomic E-state index is 10.9. The Hall–Kier alpha value is -1.87. The first kappa shape index (κ1) is 11.6. The van der Waals surface area contributed by atoms with Crippen molar-refractivity contribution >= 4 is 16.7 Å². The van der Waals surface area contributed by atoms with E-state index in [1.807, 2.05) is 12.1 Å². The first-order valence-electron chi connectivity index (χ1n) is 5.55. The van der Waals surface area contributed by atoms with Crippen molar-refractivity contribution in [2.45, 2.75) is 6.54 Å². The average Bonchev–Trinajstić information content (AvgIpc) is 2.38. The third kappa shape index (κ3) is 3.04. The van der Waals surface area contributed by atoms with Crippen LogP contribution < -0.4 is 5.32 Å². The molecule has 0 aliphatic heterocycles. The van der Waals surface area contributed by atoms with Crippen LogP contribution in [0.4, 0.5) is 0 Å². The molecule has 1 N–H and O–H groups in total. The molecular weight excluding hydrogens is 214 g/mol. The first-order chi connectivity index (χ1) is 8.29. The molecule has 0 unspecified atom stereocenters. The van der Waals surface area contributed by atoms with E-state index < -0.39 is 0 Å². The fraction of sp³-hybridized carbons (Fsp3) is 0.214. The van der Waals surface area contributed by atoms with Gasteiger partial charge in [0, 0.05) is 6.54 Å². The maximum atomic E-state index is 10.9. The van der Waals surface area contributed by atoms with E-state index in [1.54, 1.807) is 0 Å². The van der Waals surface area contributed by atoms with Gasteiger partial charge in [0.05, 0.1) is 13.7 Å². The number of esters is 1. The van der Waals surface area contributed by atoms with Crippen LogP contribution in [0.5, 0.6) is 0 Å². The molecule has 17 heavy (non-hydrogen) atoms. The summed E-state index contributed by atoms with van der Waals surface area (Å²) >= 11 is 0. The Balaban J connectivity index is 2.02. The largest absolute Gasteiger partial charge is 0.468 e. The van der Waals surface area contributed by atoms with Crippen LogP contribution in [0.15, 0.2) is 42.5 Å². The minimum Gasteiger partial charge on any atom is -0.468 e. The SMILES string of the molecule is COC(=O)CNCc1ccc2ccccc2c1. The summed E-state index contributed by atoms with van der Waals surface area (Å²) in [6, 6.07) is 14.5. The lowest BCUT2D eigenvalue weighted by atomic mass is 10.1. The molecule has 3 nitrogen and oxygen atoms in total. The summed E-state index contributed by atoms with van der Waals surface area (Å²) in [5, 5.41) is 5.48. The molecule has 0 heterocycles. The van der Waals surface area contributed by atoms with Gasteiger partial charge in [0.1, 0.15) is 0 Å². The Labute approximate surface area is 100 Å². The number of benzene rings is 2. The minimum absolute atomic E-state index is 0.239. The molecule has 0 spiro atoms. The first-order valence-corrected chi connectivity index (χ1v) is 5.55. The summed E-state index contributed by atoms with van der Waals surface area (Å²) in [7, 11) is 1.39. The smallest absolute Gasteiger partial charge is 0.319 e. The third-order valence-electron chi connectivity index (χ3n) is 2.64. The highest BCUT2D eigenvalue weighted by molar-refractivity contribution is 5.83. The number of nitrogens with one attached hydrogen (secondary N) is 1. The second-order valence-electron chi connectivity index (χ2n) is 3.86. The minimum atomic E-state index is -0.245. The molecule has 2 aromatic carbocycles. The number of methoxy groups -OCH3 is 1. The van der Waals surface area contributed by atoms with Gasteiger partial charge in [-0.15, -0.1) is 0 Å². The van der Waals surface area contributed by atoms with Crippen LogP contribution in [0.2, 0.25) is 0 Å². The van der Waals surface area contributed by atoms with Crippen LogP contribution in [0, 0.1) is 0 Å². The van der Waals surface area contributed by atoms with Crippen molar-refractivity contribution < 1.29 is 9.53 Å². The summed E-state index contributed by atoms with van der Waals surface area (Å²) < 4.78 is 4.56. The number of hydrogen-bond acceptors (Lipinski definition) is 3. The molecule has 0 saturated heterocycles. The van der Waals surface area contributed by atoms with E-state index in [1.165, 1.54) is 17.9 Å². The molecule has 0 atom stereocenters. The molecule has 88 valence electrons. The van der Waals surface area contributed by atoms with Gasteiger partial charge in [0.15, 0.2) is 0 Å². The lowest BCUT2D eigenvalue weighted by Crippen LogP contribution is -2.23. The predicted octanol–water partition coefficient (Wildman–Crippen LogP) is 2.10. The Kier molecular flexibility index (Phi) is 3.73. The Morgan fingerprint density at radius 2 is 1.94 bits per heavy atom. The van der Waals surface area contributed by atoms with E-state index in [2.05, 4.69) is 40.4 Å². The van der Waals surface area contributed by atoms with Gasteiger partial charge in [0.25, 0.3) is 0 Å². The van der Waals surface area contributed by atoms with Gasteiger partial charge in [-0.25, -0.2) is 0 Å². The Morgan fingerprint density at radius 1 is 1.18 bits per heavy atom. The van der Waals surface area contributed by atoms with Gasteiger partial charge in [-0.3, -0.25) is 4.79 Å². The van der Waals surface area contributed by atoms with Crippen molar-refractivity contribution in [2.24, 2.45) is 0 Å². The van der Waals surface area contributed by atoms with Gasteiger partial charge >= 0.3 is 5.97 Å². The van der Waals surface area contributed by atoms with Gasteiger partial charge in [0.2, 0.25) is 0 Å². The van der Waals surface area contributed by atoms with Crippen molar-refractivity contribution in [3.8, 4) is 0 Å². The molecule has 0 radical (unpaired) electrons. The normalized spacial score (nSPS) is 10.4. The van der Waals surface area contributed by atoms with E-state index in [0.29, 0.717) is 6.54 Å². The second-order valence-corrected chi connectivity index (χ2v) is 3.86. The molecule has 0 aliphatic carbocycles. The van der Waals surface area contributed by atoms with Crippen LogP contribution in [0.1, 0.15) is 5.56 Å². The fourth-order valence-electron chi connectivity index (χ4n) is 1.73. The van der Waals surface area contributed by atoms with Crippen LogP contribution in [0.3, 0.4) is 0 Å². The quantitative estimate of drug-likeness (QED) is 0.816. The number of fused-ring (bicyclic) bond motifs is 1. The number of carbonyl (C=O) groups excluding carboxylic acids is 1. The van der Waals surface area contributed by atoms with E-state index in [4.69, 9.17) is 0 Å². The van der Waals surface area contributed by atoms with Crippen molar-refractivity contribution in [3.63, 3.8) is 0 Å². The highest BCUT2D eigenvalue weighted by atomic mass is 16.5. The van der Waals surface area contributed by atoms with Crippen molar-refractivity contribution in [1.82, 2.24) is 5.32 Å². The molecule has 0 aromatic heterocycles. The van der Waals surface area contributed by atoms with Crippen molar-refractivity contribution in [3.05, 3.63) is 48.0 Å².